The van der Waals surface area contributed by atoms with Crippen LogP contribution in [0.2, 0.25) is 0 Å². The van der Waals surface area contributed by atoms with Gasteiger partial charge < -0.3 is 5.32 Å². The summed E-state index contributed by atoms with van der Waals surface area (Å²) in [5, 5.41) is 3.12. The molecule has 0 aromatic heterocycles. The Balaban J connectivity index is 2.16. The molecule has 1 aromatic rings. The van der Waals surface area contributed by atoms with Crippen molar-refractivity contribution in [3.63, 3.8) is 0 Å². The van der Waals surface area contributed by atoms with Crippen LogP contribution in [0.15, 0.2) is 24.3 Å². The highest BCUT2D eigenvalue weighted by molar-refractivity contribution is 5.98. The van der Waals surface area contributed by atoms with E-state index in [0.717, 1.165) is 13.1 Å². The van der Waals surface area contributed by atoms with Gasteiger partial charge in [0.2, 0.25) is 0 Å². The predicted octanol–water partition coefficient (Wildman–Crippen LogP) is 1.86. The van der Waals surface area contributed by atoms with E-state index in [1.807, 2.05) is 6.92 Å². The second kappa shape index (κ2) is 4.11. The Bertz CT molecular complexity index is 374. The summed E-state index contributed by atoms with van der Waals surface area (Å²) in [6, 6.07) is 6.18. The Morgan fingerprint density at radius 2 is 2.13 bits per heavy atom. The minimum atomic E-state index is -0.415. The van der Waals surface area contributed by atoms with E-state index < -0.39 is 5.82 Å². The maximum absolute atomic E-state index is 13.3. The number of benzene rings is 1. The molecule has 1 aliphatic heterocycles. The molecule has 1 aliphatic rings. The first-order valence-electron chi connectivity index (χ1n) is 5.19. The third-order valence-electron chi connectivity index (χ3n) is 3.07. The predicted molar refractivity (Wildman–Crippen MR) is 56.3 cm³/mol. The molecule has 0 amide bonds. The van der Waals surface area contributed by atoms with E-state index >= 15 is 0 Å². The average Bonchev–Trinajstić information content (AvgIpc) is 2.15. The molecule has 80 valence electrons. The van der Waals surface area contributed by atoms with Crippen molar-refractivity contribution in [2.24, 2.45) is 11.8 Å². The maximum Gasteiger partial charge on any atom is 0.168 e. The van der Waals surface area contributed by atoms with Gasteiger partial charge in [-0.3, -0.25) is 4.79 Å². The first kappa shape index (κ1) is 10.3. The standard InChI is InChI=1S/C12H14FNO/c1-8(9-6-14-7-9)12(15)10-4-2-3-5-11(10)13/h2-5,8-9,14H,6-7H2,1H3. The van der Waals surface area contributed by atoms with Crippen LogP contribution in [0, 0.1) is 17.7 Å². The van der Waals surface area contributed by atoms with Crippen molar-refractivity contribution in [2.45, 2.75) is 6.92 Å². The van der Waals surface area contributed by atoms with E-state index in [0.29, 0.717) is 5.92 Å². The zero-order valence-corrected chi connectivity index (χ0v) is 8.66. The lowest BCUT2D eigenvalue weighted by molar-refractivity contribution is 0.0849. The van der Waals surface area contributed by atoms with Crippen LogP contribution in [0.4, 0.5) is 4.39 Å². The molecular weight excluding hydrogens is 193 g/mol. The van der Waals surface area contributed by atoms with Crippen molar-refractivity contribution in [1.82, 2.24) is 5.32 Å². The Hall–Kier alpha value is -1.22. The molecular formula is C12H14FNO. The number of hydrogen-bond acceptors (Lipinski definition) is 2. The zero-order valence-electron chi connectivity index (χ0n) is 8.66. The topological polar surface area (TPSA) is 29.1 Å². The first-order valence-corrected chi connectivity index (χ1v) is 5.19. The molecule has 15 heavy (non-hydrogen) atoms. The first-order chi connectivity index (χ1) is 7.20. The number of carbonyl (C=O) groups is 1. The third kappa shape index (κ3) is 1.92. The largest absolute Gasteiger partial charge is 0.316 e. The molecule has 1 unspecified atom stereocenters. The summed E-state index contributed by atoms with van der Waals surface area (Å²) in [4.78, 5) is 11.9. The molecule has 0 radical (unpaired) electrons. The quantitative estimate of drug-likeness (QED) is 0.766. The number of carbonyl (C=O) groups excluding carboxylic acids is 1. The van der Waals surface area contributed by atoms with Gasteiger partial charge in [-0.1, -0.05) is 19.1 Å². The number of hydrogen-bond donors (Lipinski definition) is 1. The lowest BCUT2D eigenvalue weighted by Crippen LogP contribution is -2.47. The van der Waals surface area contributed by atoms with E-state index in [1.54, 1.807) is 18.2 Å². The van der Waals surface area contributed by atoms with E-state index in [4.69, 9.17) is 0 Å². The minimum Gasteiger partial charge on any atom is -0.316 e. The molecule has 1 N–H and O–H groups in total. The van der Waals surface area contributed by atoms with Gasteiger partial charge in [0.25, 0.3) is 0 Å². The highest BCUT2D eigenvalue weighted by Crippen LogP contribution is 2.21. The number of nitrogens with one attached hydrogen (secondary N) is 1. The van der Waals surface area contributed by atoms with Gasteiger partial charge in [0.15, 0.2) is 5.78 Å². The average molecular weight is 207 g/mol. The summed E-state index contributed by atoms with van der Waals surface area (Å²) in [5.74, 6) is -0.235. The fourth-order valence-corrected chi connectivity index (χ4v) is 1.78. The smallest absolute Gasteiger partial charge is 0.168 e. The molecule has 2 nitrogen and oxygen atoms in total. The van der Waals surface area contributed by atoms with E-state index in [-0.39, 0.29) is 17.3 Å². The summed E-state index contributed by atoms with van der Waals surface area (Å²) >= 11 is 0. The molecule has 0 spiro atoms. The van der Waals surface area contributed by atoms with Gasteiger partial charge >= 0.3 is 0 Å². The van der Waals surface area contributed by atoms with Crippen molar-refractivity contribution in [3.05, 3.63) is 35.6 Å². The molecule has 0 aliphatic carbocycles. The van der Waals surface area contributed by atoms with Crippen molar-refractivity contribution in [1.29, 1.82) is 0 Å². The van der Waals surface area contributed by atoms with Crippen LogP contribution in [-0.2, 0) is 0 Å². The molecule has 3 heteroatoms. The van der Waals surface area contributed by atoms with E-state index in [2.05, 4.69) is 5.32 Å². The lowest BCUT2D eigenvalue weighted by Gasteiger charge is -2.31. The van der Waals surface area contributed by atoms with Gasteiger partial charge in [0, 0.05) is 5.92 Å². The highest BCUT2D eigenvalue weighted by Gasteiger charge is 2.30. The van der Waals surface area contributed by atoms with Gasteiger partial charge in [-0.15, -0.1) is 0 Å². The molecule has 1 saturated heterocycles. The molecule has 2 rings (SSSR count). The van der Waals surface area contributed by atoms with Gasteiger partial charge in [-0.25, -0.2) is 4.39 Å². The zero-order chi connectivity index (χ0) is 10.8. The summed E-state index contributed by atoms with van der Waals surface area (Å²) < 4.78 is 13.3. The maximum atomic E-state index is 13.3. The van der Waals surface area contributed by atoms with E-state index in [9.17, 15) is 9.18 Å². The van der Waals surface area contributed by atoms with Crippen molar-refractivity contribution in [3.8, 4) is 0 Å². The van der Waals surface area contributed by atoms with Crippen LogP contribution in [0.1, 0.15) is 17.3 Å². The van der Waals surface area contributed by atoms with Crippen LogP contribution < -0.4 is 5.32 Å². The summed E-state index contributed by atoms with van der Waals surface area (Å²) in [5.41, 5.74) is 0.219. The van der Waals surface area contributed by atoms with Gasteiger partial charge in [0.1, 0.15) is 5.82 Å². The Labute approximate surface area is 88.5 Å². The molecule has 1 atom stereocenters. The lowest BCUT2D eigenvalue weighted by atomic mass is 9.83. The number of Topliss-reactive ketones (excluding diaryl/α,β-unsaturated/α-hetero) is 1. The van der Waals surface area contributed by atoms with Crippen LogP contribution >= 0.6 is 0 Å². The summed E-state index contributed by atoms with van der Waals surface area (Å²) in [6.45, 7) is 3.60. The monoisotopic (exact) mass is 207 g/mol. The van der Waals surface area contributed by atoms with Crippen LogP contribution in [0.3, 0.4) is 0 Å². The fraction of sp³-hybridized carbons (Fsp3) is 0.417. The van der Waals surface area contributed by atoms with Crippen LogP contribution in [-0.4, -0.2) is 18.9 Å². The van der Waals surface area contributed by atoms with Gasteiger partial charge in [-0.2, -0.15) is 0 Å². The summed E-state index contributed by atoms with van der Waals surface area (Å²) in [6.07, 6.45) is 0. The van der Waals surface area contributed by atoms with Crippen molar-refractivity contribution < 1.29 is 9.18 Å². The minimum absolute atomic E-state index is 0.0837. The molecule has 1 aromatic carbocycles. The Morgan fingerprint density at radius 1 is 1.47 bits per heavy atom. The SMILES string of the molecule is CC(C(=O)c1ccccc1F)C1CNC1. The normalized spacial score (nSPS) is 18.3. The molecule has 0 saturated carbocycles. The number of rotatable bonds is 3. The van der Waals surface area contributed by atoms with E-state index in [1.165, 1.54) is 6.07 Å². The second-order valence-electron chi connectivity index (χ2n) is 4.05. The Kier molecular flexibility index (Phi) is 2.82. The second-order valence-corrected chi connectivity index (χ2v) is 4.05. The van der Waals surface area contributed by atoms with Crippen molar-refractivity contribution in [2.75, 3.05) is 13.1 Å². The van der Waals surface area contributed by atoms with Gasteiger partial charge in [0.05, 0.1) is 5.56 Å². The van der Waals surface area contributed by atoms with Crippen LogP contribution in [0.5, 0.6) is 0 Å². The fourth-order valence-electron chi connectivity index (χ4n) is 1.78. The molecule has 1 heterocycles. The highest BCUT2D eigenvalue weighted by atomic mass is 19.1. The molecule has 0 bridgehead atoms. The van der Waals surface area contributed by atoms with Gasteiger partial charge in [-0.05, 0) is 31.1 Å². The third-order valence-corrected chi connectivity index (χ3v) is 3.07. The number of halogens is 1. The van der Waals surface area contributed by atoms with Crippen LogP contribution in [0.25, 0.3) is 0 Å². The van der Waals surface area contributed by atoms with Crippen molar-refractivity contribution >= 4 is 5.78 Å². The number of ketones is 1. The summed E-state index contributed by atoms with van der Waals surface area (Å²) in [7, 11) is 0. The Morgan fingerprint density at radius 3 is 2.67 bits per heavy atom. The molecule has 1 fully saturated rings.